The number of hydrogen-bond donors (Lipinski definition) is 1. The van der Waals surface area contributed by atoms with E-state index in [1.807, 2.05) is 62.5 Å². The SMILES string of the molecule is COc1cccc(-c2cc(C(=O)NCc3ccc(C)cc3)nn2C)c1. The van der Waals surface area contributed by atoms with Crippen molar-refractivity contribution in [2.45, 2.75) is 13.5 Å². The molecule has 0 unspecified atom stereocenters. The zero-order valence-corrected chi connectivity index (χ0v) is 14.6. The Morgan fingerprint density at radius 1 is 1.16 bits per heavy atom. The predicted molar refractivity (Wildman–Crippen MR) is 97.5 cm³/mol. The van der Waals surface area contributed by atoms with Crippen molar-refractivity contribution in [2.24, 2.45) is 7.05 Å². The molecule has 2 aromatic carbocycles. The number of benzene rings is 2. The van der Waals surface area contributed by atoms with Crippen LogP contribution in [0, 0.1) is 6.92 Å². The summed E-state index contributed by atoms with van der Waals surface area (Å²) in [4.78, 5) is 12.4. The number of amides is 1. The van der Waals surface area contributed by atoms with Gasteiger partial charge in [0.05, 0.1) is 12.8 Å². The van der Waals surface area contributed by atoms with Gasteiger partial charge < -0.3 is 10.1 Å². The third kappa shape index (κ3) is 3.88. The van der Waals surface area contributed by atoms with Crippen LogP contribution in [0.3, 0.4) is 0 Å². The molecule has 1 N–H and O–H groups in total. The van der Waals surface area contributed by atoms with Crippen molar-refractivity contribution in [3.8, 4) is 17.0 Å². The van der Waals surface area contributed by atoms with Crippen LogP contribution >= 0.6 is 0 Å². The summed E-state index contributed by atoms with van der Waals surface area (Å²) in [7, 11) is 3.46. The van der Waals surface area contributed by atoms with Gasteiger partial charge in [0.2, 0.25) is 0 Å². The maximum atomic E-state index is 12.4. The van der Waals surface area contributed by atoms with Crippen LogP contribution in [0.5, 0.6) is 5.75 Å². The van der Waals surface area contributed by atoms with Crippen molar-refractivity contribution < 1.29 is 9.53 Å². The summed E-state index contributed by atoms with van der Waals surface area (Å²) in [5.74, 6) is 0.578. The standard InChI is InChI=1S/C20H21N3O2/c1-14-7-9-15(10-8-14)13-21-20(24)18-12-19(23(2)22-18)16-5-4-6-17(11-16)25-3/h4-12H,13H2,1-3H3,(H,21,24). The fourth-order valence-electron chi connectivity index (χ4n) is 2.61. The van der Waals surface area contributed by atoms with Crippen molar-refractivity contribution >= 4 is 5.91 Å². The van der Waals surface area contributed by atoms with E-state index in [0.717, 1.165) is 22.6 Å². The lowest BCUT2D eigenvalue weighted by Crippen LogP contribution is -2.23. The molecule has 5 heteroatoms. The summed E-state index contributed by atoms with van der Waals surface area (Å²) >= 11 is 0. The van der Waals surface area contributed by atoms with Crippen molar-refractivity contribution in [1.29, 1.82) is 0 Å². The van der Waals surface area contributed by atoms with E-state index in [4.69, 9.17) is 4.74 Å². The molecule has 0 atom stereocenters. The zero-order valence-electron chi connectivity index (χ0n) is 14.6. The lowest BCUT2D eigenvalue weighted by Gasteiger charge is -2.04. The molecule has 1 amide bonds. The molecule has 0 radical (unpaired) electrons. The van der Waals surface area contributed by atoms with E-state index in [9.17, 15) is 4.79 Å². The summed E-state index contributed by atoms with van der Waals surface area (Å²) in [5, 5.41) is 7.24. The first-order valence-electron chi connectivity index (χ1n) is 8.09. The van der Waals surface area contributed by atoms with Crippen molar-refractivity contribution in [2.75, 3.05) is 7.11 Å². The highest BCUT2D eigenvalue weighted by molar-refractivity contribution is 5.93. The average molecular weight is 335 g/mol. The summed E-state index contributed by atoms with van der Waals surface area (Å²) in [5.41, 5.74) is 4.46. The topological polar surface area (TPSA) is 56.1 Å². The molecule has 5 nitrogen and oxygen atoms in total. The van der Waals surface area contributed by atoms with Crippen LogP contribution in [0.4, 0.5) is 0 Å². The Morgan fingerprint density at radius 3 is 2.64 bits per heavy atom. The third-order valence-electron chi connectivity index (χ3n) is 4.05. The smallest absolute Gasteiger partial charge is 0.272 e. The first-order chi connectivity index (χ1) is 12.1. The molecular weight excluding hydrogens is 314 g/mol. The zero-order chi connectivity index (χ0) is 17.8. The molecule has 0 aliphatic carbocycles. The first kappa shape index (κ1) is 16.8. The molecule has 25 heavy (non-hydrogen) atoms. The van der Waals surface area contributed by atoms with Gasteiger partial charge in [0.25, 0.3) is 5.91 Å². The van der Waals surface area contributed by atoms with Gasteiger partial charge in [-0.1, -0.05) is 42.0 Å². The lowest BCUT2D eigenvalue weighted by molar-refractivity contribution is 0.0945. The van der Waals surface area contributed by atoms with Crippen LogP contribution in [0.25, 0.3) is 11.3 Å². The quantitative estimate of drug-likeness (QED) is 0.778. The number of rotatable bonds is 5. The lowest BCUT2D eigenvalue weighted by atomic mass is 10.1. The normalized spacial score (nSPS) is 10.5. The van der Waals surface area contributed by atoms with Crippen LogP contribution in [0.2, 0.25) is 0 Å². The Balaban J connectivity index is 1.74. The number of nitrogens with zero attached hydrogens (tertiary/aromatic N) is 2. The van der Waals surface area contributed by atoms with Gasteiger partial charge in [0.1, 0.15) is 5.75 Å². The predicted octanol–water partition coefficient (Wildman–Crippen LogP) is 3.33. The number of methoxy groups -OCH3 is 1. The number of hydrogen-bond acceptors (Lipinski definition) is 3. The van der Waals surface area contributed by atoms with Crippen LogP contribution in [-0.2, 0) is 13.6 Å². The van der Waals surface area contributed by atoms with Crippen molar-refractivity contribution in [1.82, 2.24) is 15.1 Å². The van der Waals surface area contributed by atoms with Crippen LogP contribution in [0.1, 0.15) is 21.6 Å². The van der Waals surface area contributed by atoms with E-state index < -0.39 is 0 Å². The van der Waals surface area contributed by atoms with Crippen LogP contribution in [-0.4, -0.2) is 22.8 Å². The molecule has 0 aliphatic rings. The van der Waals surface area contributed by atoms with Gasteiger partial charge in [0, 0.05) is 19.2 Å². The molecule has 128 valence electrons. The Bertz CT molecular complexity index is 882. The molecule has 1 aromatic heterocycles. The Hall–Kier alpha value is -3.08. The van der Waals surface area contributed by atoms with Crippen molar-refractivity contribution in [3.05, 3.63) is 71.4 Å². The van der Waals surface area contributed by atoms with E-state index >= 15 is 0 Å². The monoisotopic (exact) mass is 335 g/mol. The summed E-state index contributed by atoms with van der Waals surface area (Å²) < 4.78 is 6.96. The minimum Gasteiger partial charge on any atom is -0.497 e. The Kier molecular flexibility index (Phi) is 4.84. The molecule has 3 aromatic rings. The minimum absolute atomic E-state index is 0.190. The molecule has 0 saturated carbocycles. The second-order valence-corrected chi connectivity index (χ2v) is 5.94. The molecule has 0 bridgehead atoms. The summed E-state index contributed by atoms with van der Waals surface area (Å²) in [6.07, 6.45) is 0. The Morgan fingerprint density at radius 2 is 1.92 bits per heavy atom. The summed E-state index contributed by atoms with van der Waals surface area (Å²) in [6, 6.07) is 17.6. The number of carbonyl (C=O) groups is 1. The molecule has 0 saturated heterocycles. The number of aromatic nitrogens is 2. The molecule has 0 aliphatic heterocycles. The highest BCUT2D eigenvalue weighted by Gasteiger charge is 2.14. The van der Waals surface area contributed by atoms with Gasteiger partial charge in [-0.25, -0.2) is 0 Å². The fourth-order valence-corrected chi connectivity index (χ4v) is 2.61. The van der Waals surface area contributed by atoms with Gasteiger partial charge in [-0.15, -0.1) is 0 Å². The number of aryl methyl sites for hydroxylation is 2. The van der Waals surface area contributed by atoms with Crippen LogP contribution in [0.15, 0.2) is 54.6 Å². The van der Waals surface area contributed by atoms with Gasteiger partial charge in [-0.05, 0) is 30.7 Å². The molecule has 0 spiro atoms. The van der Waals surface area contributed by atoms with E-state index in [1.54, 1.807) is 17.9 Å². The number of nitrogens with one attached hydrogen (secondary N) is 1. The largest absolute Gasteiger partial charge is 0.497 e. The second-order valence-electron chi connectivity index (χ2n) is 5.94. The maximum Gasteiger partial charge on any atom is 0.272 e. The van der Waals surface area contributed by atoms with Gasteiger partial charge in [0.15, 0.2) is 5.69 Å². The fraction of sp³-hybridized carbons (Fsp3) is 0.200. The molecular formula is C20H21N3O2. The summed E-state index contributed by atoms with van der Waals surface area (Å²) in [6.45, 7) is 2.51. The van der Waals surface area contributed by atoms with Gasteiger partial charge >= 0.3 is 0 Å². The van der Waals surface area contributed by atoms with E-state index in [0.29, 0.717) is 12.2 Å². The molecule has 1 heterocycles. The van der Waals surface area contributed by atoms with Gasteiger partial charge in [-0.2, -0.15) is 5.10 Å². The highest BCUT2D eigenvalue weighted by Crippen LogP contribution is 2.24. The average Bonchev–Trinajstić information content (AvgIpc) is 3.03. The number of ether oxygens (including phenoxy) is 1. The first-order valence-corrected chi connectivity index (χ1v) is 8.09. The van der Waals surface area contributed by atoms with E-state index in [2.05, 4.69) is 10.4 Å². The number of carbonyl (C=O) groups excluding carboxylic acids is 1. The molecule has 0 fully saturated rings. The third-order valence-corrected chi connectivity index (χ3v) is 4.05. The van der Waals surface area contributed by atoms with E-state index in [1.165, 1.54) is 5.56 Å². The van der Waals surface area contributed by atoms with Gasteiger partial charge in [-0.3, -0.25) is 9.48 Å². The minimum atomic E-state index is -0.190. The maximum absolute atomic E-state index is 12.4. The Labute approximate surface area is 147 Å². The van der Waals surface area contributed by atoms with Crippen molar-refractivity contribution in [3.63, 3.8) is 0 Å². The molecule has 3 rings (SSSR count). The van der Waals surface area contributed by atoms with E-state index in [-0.39, 0.29) is 5.91 Å². The second kappa shape index (κ2) is 7.21. The van der Waals surface area contributed by atoms with Crippen LogP contribution < -0.4 is 10.1 Å². The highest BCUT2D eigenvalue weighted by atomic mass is 16.5.